The summed E-state index contributed by atoms with van der Waals surface area (Å²) in [5.41, 5.74) is 7.38. The lowest BCUT2D eigenvalue weighted by atomic mass is 9.80. The second-order valence-corrected chi connectivity index (χ2v) is 17.1. The molecule has 0 aliphatic carbocycles. The summed E-state index contributed by atoms with van der Waals surface area (Å²) in [5, 5.41) is 2.35. The van der Waals surface area contributed by atoms with Crippen LogP contribution in [-0.2, 0) is 15.6 Å². The summed E-state index contributed by atoms with van der Waals surface area (Å²) in [4.78, 5) is 14.7. The van der Waals surface area contributed by atoms with Crippen LogP contribution in [0.1, 0.15) is 85.9 Å². The van der Waals surface area contributed by atoms with Gasteiger partial charge in [-0.05, 0) is 106 Å². The molecule has 0 radical (unpaired) electrons. The number of rotatable bonds is 8. The summed E-state index contributed by atoms with van der Waals surface area (Å²) in [5.74, 6) is 4.43. The van der Waals surface area contributed by atoms with E-state index in [0.29, 0.717) is 36.0 Å². The van der Waals surface area contributed by atoms with Gasteiger partial charge in [0, 0.05) is 40.4 Å². The summed E-state index contributed by atoms with van der Waals surface area (Å²) in [6, 6.07) is 29.8. The van der Waals surface area contributed by atoms with Gasteiger partial charge in [0.2, 0.25) is 5.90 Å². The first-order chi connectivity index (χ1) is 24.7. The zero-order valence-electron chi connectivity index (χ0n) is 32.4. The Labute approximate surface area is 309 Å². The highest BCUT2D eigenvalue weighted by atomic mass is 16.5. The molecule has 3 aromatic heterocycles. The number of nitrogens with zero attached hydrogens (tertiary/aromatic N) is 4. The summed E-state index contributed by atoms with van der Waals surface area (Å²) >= 11 is 0. The van der Waals surface area contributed by atoms with Crippen molar-refractivity contribution >= 4 is 27.7 Å². The van der Waals surface area contributed by atoms with Gasteiger partial charge in [-0.15, -0.1) is 0 Å². The number of aliphatic imine (C=N–C) groups is 1. The fourth-order valence-electron chi connectivity index (χ4n) is 7.79. The molecule has 0 saturated heterocycles. The Balaban J connectivity index is 1.35. The van der Waals surface area contributed by atoms with Crippen LogP contribution in [-0.4, -0.2) is 33.1 Å². The molecule has 0 N–H and O–H groups in total. The predicted molar refractivity (Wildman–Crippen MR) is 215 cm³/mol. The number of ether oxygens (including phenoxy) is 2. The normalized spacial score (nSPS) is 15.2. The van der Waals surface area contributed by atoms with E-state index in [4.69, 9.17) is 19.5 Å². The molecule has 0 spiro atoms. The van der Waals surface area contributed by atoms with Crippen LogP contribution in [0.4, 0.5) is 0 Å². The van der Waals surface area contributed by atoms with Crippen LogP contribution in [0, 0.1) is 17.8 Å². The lowest BCUT2D eigenvalue weighted by Crippen LogP contribution is -2.29. The lowest BCUT2D eigenvalue weighted by Gasteiger charge is -2.27. The average Bonchev–Trinajstić information content (AvgIpc) is 3.70. The van der Waals surface area contributed by atoms with Crippen LogP contribution < -0.4 is 4.74 Å². The van der Waals surface area contributed by atoms with E-state index >= 15 is 0 Å². The largest absolute Gasteiger partial charge is 0.475 e. The average molecular weight is 693 g/mol. The van der Waals surface area contributed by atoms with Gasteiger partial charge < -0.3 is 9.47 Å². The number of fused-ring (bicyclic) bond motifs is 3. The first-order valence-electron chi connectivity index (χ1n) is 18.7. The van der Waals surface area contributed by atoms with E-state index in [0.717, 1.165) is 44.8 Å². The Kier molecular flexibility index (Phi) is 9.23. The molecular weight excluding hydrogens is 641 g/mol. The number of hydrogen-bond donors (Lipinski definition) is 0. The minimum Gasteiger partial charge on any atom is -0.475 e. The van der Waals surface area contributed by atoms with Crippen LogP contribution in [0.3, 0.4) is 0 Å². The third-order valence-electron chi connectivity index (χ3n) is 10.5. The van der Waals surface area contributed by atoms with Crippen molar-refractivity contribution in [1.82, 2.24) is 14.5 Å². The van der Waals surface area contributed by atoms with Crippen molar-refractivity contribution < 1.29 is 9.47 Å². The van der Waals surface area contributed by atoms with Crippen molar-refractivity contribution in [1.29, 1.82) is 0 Å². The van der Waals surface area contributed by atoms with E-state index < -0.39 is 0 Å². The van der Waals surface area contributed by atoms with Crippen molar-refractivity contribution in [2.45, 2.75) is 86.1 Å². The summed E-state index contributed by atoms with van der Waals surface area (Å²) in [6.45, 7) is 23.2. The Morgan fingerprint density at radius 3 is 2.10 bits per heavy atom. The molecule has 0 bridgehead atoms. The molecule has 6 heteroatoms. The third kappa shape index (κ3) is 6.96. The van der Waals surface area contributed by atoms with Gasteiger partial charge in [0.1, 0.15) is 23.9 Å². The zero-order valence-corrected chi connectivity index (χ0v) is 32.4. The summed E-state index contributed by atoms with van der Waals surface area (Å²) < 4.78 is 15.4. The molecule has 1 aliphatic rings. The summed E-state index contributed by atoms with van der Waals surface area (Å²) in [6.07, 6.45) is 3.74. The highest BCUT2D eigenvalue weighted by Crippen LogP contribution is 2.39. The smallest absolute Gasteiger partial charge is 0.216 e. The standard InChI is InChI=1S/C46H52N4O2/c1-28(2)43(29(3)4)39-27-51-44(49-39)31-21-30(38-13-11-12-19-47-38)22-35(23-31)52-34-15-16-36-37-24-32(45(5,6)7)14-17-40(37)50(41(36)26-34)42-25-33(18-20-48-42)46(8,9)10/h11-26,28-29,39,43H,27H2,1-10H3/t39-/m0/s1. The maximum absolute atomic E-state index is 6.77. The monoisotopic (exact) mass is 692 g/mol. The minimum atomic E-state index is -0.0156. The molecule has 3 aromatic carbocycles. The van der Waals surface area contributed by atoms with E-state index in [1.54, 1.807) is 0 Å². The fraction of sp³-hybridized carbons (Fsp3) is 0.370. The van der Waals surface area contributed by atoms with E-state index in [9.17, 15) is 0 Å². The molecule has 1 aliphatic heterocycles. The number of hydrogen-bond acceptors (Lipinski definition) is 5. The minimum absolute atomic E-state index is 0.0156. The van der Waals surface area contributed by atoms with Gasteiger partial charge in [0.05, 0.1) is 22.8 Å². The van der Waals surface area contributed by atoms with Crippen LogP contribution >= 0.6 is 0 Å². The van der Waals surface area contributed by atoms with Crippen LogP contribution in [0.5, 0.6) is 11.5 Å². The maximum Gasteiger partial charge on any atom is 0.216 e. The maximum atomic E-state index is 6.77. The van der Waals surface area contributed by atoms with Crippen LogP contribution in [0.15, 0.2) is 102 Å². The number of aromatic nitrogens is 3. The molecule has 7 rings (SSSR count). The molecule has 52 heavy (non-hydrogen) atoms. The van der Waals surface area contributed by atoms with Crippen LogP contribution in [0.2, 0.25) is 0 Å². The highest BCUT2D eigenvalue weighted by Gasteiger charge is 2.32. The van der Waals surface area contributed by atoms with Gasteiger partial charge in [0.25, 0.3) is 0 Å². The van der Waals surface area contributed by atoms with E-state index in [2.05, 4.69) is 133 Å². The van der Waals surface area contributed by atoms with Crippen molar-refractivity contribution in [3.05, 3.63) is 114 Å². The molecule has 268 valence electrons. The van der Waals surface area contributed by atoms with E-state index in [-0.39, 0.29) is 16.9 Å². The Bertz CT molecular complexity index is 2260. The van der Waals surface area contributed by atoms with E-state index in [1.165, 1.54) is 16.5 Å². The quantitative estimate of drug-likeness (QED) is 0.159. The topological polar surface area (TPSA) is 61.5 Å². The molecule has 0 saturated carbocycles. The Morgan fingerprint density at radius 1 is 0.673 bits per heavy atom. The van der Waals surface area contributed by atoms with Gasteiger partial charge in [-0.25, -0.2) is 9.98 Å². The van der Waals surface area contributed by atoms with E-state index in [1.807, 2.05) is 42.7 Å². The lowest BCUT2D eigenvalue weighted by molar-refractivity contribution is 0.198. The first kappa shape index (κ1) is 35.4. The molecule has 0 fully saturated rings. The molecular formula is C46H52N4O2. The molecule has 6 nitrogen and oxygen atoms in total. The highest BCUT2D eigenvalue weighted by molar-refractivity contribution is 6.09. The van der Waals surface area contributed by atoms with Crippen molar-refractivity contribution in [2.75, 3.05) is 6.61 Å². The fourth-order valence-corrected chi connectivity index (χ4v) is 7.79. The predicted octanol–water partition coefficient (Wildman–Crippen LogP) is 11.7. The van der Waals surface area contributed by atoms with Gasteiger partial charge >= 0.3 is 0 Å². The number of pyridine rings is 2. The number of benzene rings is 3. The van der Waals surface area contributed by atoms with Gasteiger partial charge in [-0.3, -0.25) is 9.55 Å². The van der Waals surface area contributed by atoms with Crippen molar-refractivity contribution in [3.63, 3.8) is 0 Å². The van der Waals surface area contributed by atoms with Gasteiger partial charge in [-0.1, -0.05) is 81.4 Å². The van der Waals surface area contributed by atoms with Crippen molar-refractivity contribution in [3.8, 4) is 28.6 Å². The summed E-state index contributed by atoms with van der Waals surface area (Å²) in [7, 11) is 0. The second kappa shape index (κ2) is 13.5. The second-order valence-electron chi connectivity index (χ2n) is 17.1. The van der Waals surface area contributed by atoms with Gasteiger partial charge in [0.15, 0.2) is 0 Å². The first-order valence-corrected chi connectivity index (χ1v) is 18.7. The van der Waals surface area contributed by atoms with Gasteiger partial charge in [-0.2, -0.15) is 0 Å². The molecule has 0 unspecified atom stereocenters. The molecule has 0 amide bonds. The Morgan fingerprint density at radius 2 is 1.40 bits per heavy atom. The van der Waals surface area contributed by atoms with Crippen molar-refractivity contribution in [2.24, 2.45) is 22.7 Å². The third-order valence-corrected chi connectivity index (χ3v) is 10.5. The zero-order chi connectivity index (χ0) is 36.9. The van der Waals surface area contributed by atoms with Crippen LogP contribution in [0.25, 0.3) is 38.9 Å². The molecule has 6 aromatic rings. The molecule has 4 heterocycles. The SMILES string of the molecule is CC(C)C(C(C)C)[C@@H]1COC(c2cc(Oc3ccc4c5cc(C(C)(C)C)ccc5n(-c5cc(C(C)(C)C)ccn5)c4c3)cc(-c3ccccn3)c2)=N1. The molecule has 1 atom stereocenters. The Hall–Kier alpha value is -4.97.